The van der Waals surface area contributed by atoms with E-state index in [4.69, 9.17) is 4.74 Å². The highest BCUT2D eigenvalue weighted by atomic mass is 16.5. The Bertz CT molecular complexity index is 805. The number of nitrogens with zero attached hydrogens (tertiary/aromatic N) is 3. The molecule has 0 aromatic heterocycles. The summed E-state index contributed by atoms with van der Waals surface area (Å²) in [6.07, 6.45) is 1.06. The molecular weight excluding hydrogens is 402 g/mol. The van der Waals surface area contributed by atoms with Gasteiger partial charge in [0.05, 0.1) is 13.7 Å². The van der Waals surface area contributed by atoms with Crippen molar-refractivity contribution in [3.63, 3.8) is 0 Å². The van der Waals surface area contributed by atoms with Crippen LogP contribution in [0.5, 0.6) is 5.75 Å². The lowest BCUT2D eigenvalue weighted by molar-refractivity contribution is 0.255. The quantitative estimate of drug-likeness (QED) is 0.299. The maximum Gasteiger partial charge on any atom is 0.191 e. The van der Waals surface area contributed by atoms with E-state index in [1.165, 1.54) is 5.69 Å². The van der Waals surface area contributed by atoms with E-state index in [-0.39, 0.29) is 12.5 Å². The largest absolute Gasteiger partial charge is 0.497 e. The summed E-state index contributed by atoms with van der Waals surface area (Å²) in [5.41, 5.74) is 2.39. The van der Waals surface area contributed by atoms with Crippen LogP contribution in [0.4, 0.5) is 5.69 Å². The zero-order valence-corrected chi connectivity index (χ0v) is 19.3. The van der Waals surface area contributed by atoms with Gasteiger partial charge in [0.1, 0.15) is 5.75 Å². The zero-order valence-electron chi connectivity index (χ0n) is 19.3. The molecule has 0 saturated carbocycles. The summed E-state index contributed by atoms with van der Waals surface area (Å²) in [4.78, 5) is 9.27. The molecule has 7 nitrogen and oxygen atoms in total. The predicted octanol–water partition coefficient (Wildman–Crippen LogP) is 2.15. The van der Waals surface area contributed by atoms with Crippen LogP contribution >= 0.6 is 0 Å². The number of hydrogen-bond acceptors (Lipinski definition) is 5. The van der Waals surface area contributed by atoms with Crippen LogP contribution in [-0.4, -0.2) is 82.5 Å². The molecule has 1 fully saturated rings. The normalized spacial score (nSPS) is 16.0. The van der Waals surface area contributed by atoms with Gasteiger partial charge >= 0.3 is 0 Å². The van der Waals surface area contributed by atoms with Crippen molar-refractivity contribution in [1.29, 1.82) is 0 Å². The molecule has 1 aliphatic rings. The van der Waals surface area contributed by atoms with Crippen LogP contribution in [-0.2, 0) is 0 Å². The second-order valence-electron chi connectivity index (χ2n) is 8.05. The molecule has 3 N–H and O–H groups in total. The second-order valence-corrected chi connectivity index (χ2v) is 8.05. The summed E-state index contributed by atoms with van der Waals surface area (Å²) in [6, 6.07) is 18.4. The minimum Gasteiger partial charge on any atom is -0.497 e. The molecule has 32 heavy (non-hydrogen) atoms. The summed E-state index contributed by atoms with van der Waals surface area (Å²) in [5.74, 6) is 1.73. The average molecular weight is 440 g/mol. The van der Waals surface area contributed by atoms with Crippen molar-refractivity contribution in [2.45, 2.75) is 12.3 Å². The van der Waals surface area contributed by atoms with Crippen LogP contribution in [0, 0.1) is 0 Å². The molecule has 0 bridgehead atoms. The maximum absolute atomic E-state index is 9.72. The predicted molar refractivity (Wildman–Crippen MR) is 132 cm³/mol. The molecule has 174 valence electrons. The zero-order chi connectivity index (χ0) is 22.6. The third kappa shape index (κ3) is 7.14. The number of aliphatic imine (C=N–C) groups is 1. The van der Waals surface area contributed by atoms with E-state index in [0.29, 0.717) is 6.54 Å². The van der Waals surface area contributed by atoms with E-state index in [1.54, 1.807) is 14.2 Å². The van der Waals surface area contributed by atoms with Gasteiger partial charge in [0, 0.05) is 57.9 Å². The number of aliphatic hydroxyl groups excluding tert-OH is 1. The van der Waals surface area contributed by atoms with Gasteiger partial charge in [0.25, 0.3) is 0 Å². The Balaban J connectivity index is 1.32. The average Bonchev–Trinajstić information content (AvgIpc) is 2.86. The van der Waals surface area contributed by atoms with Crippen LogP contribution in [0.25, 0.3) is 0 Å². The number of nitrogens with one attached hydrogen (secondary N) is 2. The summed E-state index contributed by atoms with van der Waals surface area (Å²) in [6.45, 7) is 6.94. The number of guanidine groups is 1. The first kappa shape index (κ1) is 23.9. The summed E-state index contributed by atoms with van der Waals surface area (Å²) in [7, 11) is 3.48. The number of hydrogen-bond donors (Lipinski definition) is 3. The van der Waals surface area contributed by atoms with Crippen molar-refractivity contribution in [3.8, 4) is 5.75 Å². The molecule has 0 aliphatic carbocycles. The van der Waals surface area contributed by atoms with Crippen molar-refractivity contribution in [3.05, 3.63) is 60.2 Å². The van der Waals surface area contributed by atoms with E-state index in [0.717, 1.165) is 63.0 Å². The monoisotopic (exact) mass is 439 g/mol. The van der Waals surface area contributed by atoms with Gasteiger partial charge in [0.15, 0.2) is 5.96 Å². The molecule has 0 amide bonds. The smallest absolute Gasteiger partial charge is 0.191 e. The van der Waals surface area contributed by atoms with Gasteiger partial charge in [-0.3, -0.25) is 9.89 Å². The number of benzene rings is 2. The van der Waals surface area contributed by atoms with Crippen LogP contribution in [0.3, 0.4) is 0 Å². The highest BCUT2D eigenvalue weighted by Crippen LogP contribution is 2.20. The van der Waals surface area contributed by atoms with Crippen LogP contribution in [0.15, 0.2) is 59.6 Å². The van der Waals surface area contributed by atoms with Gasteiger partial charge in [-0.2, -0.15) is 0 Å². The van der Waals surface area contributed by atoms with Crippen molar-refractivity contribution in [1.82, 2.24) is 15.5 Å². The molecule has 1 atom stereocenters. The summed E-state index contributed by atoms with van der Waals surface area (Å²) < 4.78 is 5.25. The lowest BCUT2D eigenvalue weighted by Crippen LogP contribution is -2.47. The van der Waals surface area contributed by atoms with Gasteiger partial charge in [-0.1, -0.05) is 30.3 Å². The first-order valence-corrected chi connectivity index (χ1v) is 11.4. The van der Waals surface area contributed by atoms with E-state index in [2.05, 4.69) is 37.6 Å². The lowest BCUT2D eigenvalue weighted by Gasteiger charge is -2.36. The lowest BCUT2D eigenvalue weighted by atomic mass is 10.0. The third-order valence-electron chi connectivity index (χ3n) is 5.98. The van der Waals surface area contributed by atoms with Crippen molar-refractivity contribution in [2.75, 3.05) is 71.5 Å². The first-order valence-electron chi connectivity index (χ1n) is 11.4. The number of piperazine rings is 1. The van der Waals surface area contributed by atoms with Gasteiger partial charge in [-0.15, -0.1) is 0 Å². The standard InChI is InChI=1S/C25H37N5O2/c1-26-25(28-19-22(20-31)21-7-4-3-5-8-21)27-13-6-14-29-15-17-30(18-16-29)23-9-11-24(32-2)12-10-23/h3-5,7-12,22,31H,6,13-20H2,1-2H3,(H2,26,27,28). The van der Waals surface area contributed by atoms with Gasteiger partial charge in [-0.25, -0.2) is 0 Å². The minimum absolute atomic E-state index is 0.0525. The SMILES string of the molecule is CN=C(NCCCN1CCN(c2ccc(OC)cc2)CC1)NCC(CO)c1ccccc1. The molecule has 1 aliphatic heterocycles. The summed E-state index contributed by atoms with van der Waals surface area (Å²) >= 11 is 0. The highest BCUT2D eigenvalue weighted by molar-refractivity contribution is 5.79. The molecule has 0 spiro atoms. The molecule has 2 aromatic rings. The molecule has 1 unspecified atom stereocenters. The maximum atomic E-state index is 9.72. The fourth-order valence-electron chi connectivity index (χ4n) is 3.99. The van der Waals surface area contributed by atoms with Crippen LogP contribution < -0.4 is 20.3 Å². The fraction of sp³-hybridized carbons (Fsp3) is 0.480. The first-order chi connectivity index (χ1) is 15.7. The Morgan fingerprint density at radius 2 is 1.75 bits per heavy atom. The molecule has 1 heterocycles. The molecule has 7 heteroatoms. The van der Waals surface area contributed by atoms with Gasteiger partial charge in [-0.05, 0) is 42.8 Å². The van der Waals surface area contributed by atoms with E-state index in [9.17, 15) is 5.11 Å². The van der Waals surface area contributed by atoms with E-state index in [1.807, 2.05) is 42.5 Å². The molecular formula is C25H37N5O2. The van der Waals surface area contributed by atoms with E-state index < -0.39 is 0 Å². The van der Waals surface area contributed by atoms with Crippen molar-refractivity contribution < 1.29 is 9.84 Å². The number of methoxy groups -OCH3 is 1. The third-order valence-corrected chi connectivity index (χ3v) is 5.98. The second kappa shape index (κ2) is 12.9. The van der Waals surface area contributed by atoms with E-state index >= 15 is 0 Å². The Morgan fingerprint density at radius 1 is 1.03 bits per heavy atom. The Morgan fingerprint density at radius 3 is 2.38 bits per heavy atom. The Hall–Kier alpha value is -2.77. The van der Waals surface area contributed by atoms with Gasteiger partial charge < -0.3 is 25.4 Å². The number of rotatable bonds is 10. The Kier molecular flexibility index (Phi) is 9.65. The topological polar surface area (TPSA) is 72.4 Å². The highest BCUT2D eigenvalue weighted by Gasteiger charge is 2.17. The Labute approximate surface area is 192 Å². The summed E-state index contributed by atoms with van der Waals surface area (Å²) in [5, 5.41) is 16.5. The number of anilines is 1. The molecule has 1 saturated heterocycles. The van der Waals surface area contributed by atoms with Crippen LogP contribution in [0.2, 0.25) is 0 Å². The van der Waals surface area contributed by atoms with Crippen LogP contribution in [0.1, 0.15) is 17.9 Å². The number of aliphatic hydroxyl groups is 1. The molecule has 2 aromatic carbocycles. The molecule has 0 radical (unpaired) electrons. The van der Waals surface area contributed by atoms with Crippen molar-refractivity contribution >= 4 is 11.6 Å². The molecule has 3 rings (SSSR count). The van der Waals surface area contributed by atoms with Gasteiger partial charge in [0.2, 0.25) is 0 Å². The number of ether oxygens (including phenoxy) is 1. The minimum atomic E-state index is 0.0525. The fourth-order valence-corrected chi connectivity index (χ4v) is 3.99. The van der Waals surface area contributed by atoms with Crippen molar-refractivity contribution in [2.24, 2.45) is 4.99 Å².